The van der Waals surface area contributed by atoms with Gasteiger partial charge in [-0.3, -0.25) is 14.4 Å². The van der Waals surface area contributed by atoms with Crippen molar-refractivity contribution in [2.75, 3.05) is 13.2 Å². The van der Waals surface area contributed by atoms with Crippen LogP contribution in [0.1, 0.15) is 36.7 Å². The quantitative estimate of drug-likeness (QED) is 0.744. The number of amides is 2. The van der Waals surface area contributed by atoms with E-state index < -0.39 is 5.97 Å². The van der Waals surface area contributed by atoms with E-state index >= 15 is 0 Å². The van der Waals surface area contributed by atoms with Crippen molar-refractivity contribution < 1.29 is 19.1 Å². The van der Waals surface area contributed by atoms with Gasteiger partial charge in [-0.2, -0.15) is 0 Å². The predicted octanol–water partition coefficient (Wildman–Crippen LogP) is 1.43. The van der Waals surface area contributed by atoms with Crippen molar-refractivity contribution >= 4 is 17.8 Å². The van der Waals surface area contributed by atoms with E-state index in [0.29, 0.717) is 11.5 Å². The molecular weight excluding hydrogens is 296 g/mol. The molecule has 1 aromatic rings. The van der Waals surface area contributed by atoms with E-state index in [1.165, 1.54) is 0 Å². The lowest BCUT2D eigenvalue weighted by Crippen LogP contribution is -2.39. The third-order valence-electron chi connectivity index (χ3n) is 3.43. The highest BCUT2D eigenvalue weighted by Gasteiger charge is 2.13. The van der Waals surface area contributed by atoms with Crippen molar-refractivity contribution in [3.63, 3.8) is 0 Å². The Bertz CT molecular complexity index is 569. The van der Waals surface area contributed by atoms with Gasteiger partial charge in [-0.1, -0.05) is 31.5 Å². The first kappa shape index (κ1) is 18.7. The van der Waals surface area contributed by atoms with Crippen LogP contribution in [0.15, 0.2) is 24.3 Å². The zero-order valence-electron chi connectivity index (χ0n) is 14.0. The average molecular weight is 320 g/mol. The number of carbonyl (C=O) groups excluding carboxylic acids is 3. The van der Waals surface area contributed by atoms with Crippen LogP contribution in [-0.4, -0.2) is 37.0 Å². The van der Waals surface area contributed by atoms with E-state index in [1.54, 1.807) is 18.2 Å². The van der Waals surface area contributed by atoms with Gasteiger partial charge in [-0.05, 0) is 31.9 Å². The molecule has 1 atom stereocenters. The molecule has 0 saturated carbocycles. The largest absolute Gasteiger partial charge is 0.454 e. The molecule has 0 radical (unpaired) electrons. The number of hydrogen-bond donors (Lipinski definition) is 2. The second-order valence-electron chi connectivity index (χ2n) is 5.81. The third-order valence-corrected chi connectivity index (χ3v) is 3.43. The highest BCUT2D eigenvalue weighted by atomic mass is 16.5. The summed E-state index contributed by atoms with van der Waals surface area (Å²) in [5.74, 6) is -1.07. The van der Waals surface area contributed by atoms with Crippen LogP contribution < -0.4 is 10.6 Å². The summed E-state index contributed by atoms with van der Waals surface area (Å²) in [5.41, 5.74) is 1.43. The second-order valence-corrected chi connectivity index (χ2v) is 5.81. The Hall–Kier alpha value is -2.37. The lowest BCUT2D eigenvalue weighted by Gasteiger charge is -2.17. The monoisotopic (exact) mass is 320 g/mol. The normalized spacial score (nSPS) is 11.7. The van der Waals surface area contributed by atoms with Crippen molar-refractivity contribution in [1.82, 2.24) is 10.6 Å². The topological polar surface area (TPSA) is 84.5 Å². The molecule has 0 aliphatic rings. The van der Waals surface area contributed by atoms with E-state index in [4.69, 9.17) is 4.74 Å². The first-order valence-electron chi connectivity index (χ1n) is 7.59. The number of ether oxygens (including phenoxy) is 1. The fourth-order valence-electron chi connectivity index (χ4n) is 1.70. The zero-order chi connectivity index (χ0) is 17.4. The van der Waals surface area contributed by atoms with E-state index in [0.717, 1.165) is 5.56 Å². The predicted molar refractivity (Wildman–Crippen MR) is 86.9 cm³/mol. The SMILES string of the molecule is Cc1cccc(C(=O)NCC(=O)OCC(=O)N[C@H](C)C(C)C)c1. The number of rotatable bonds is 7. The summed E-state index contributed by atoms with van der Waals surface area (Å²) < 4.78 is 4.83. The van der Waals surface area contributed by atoms with Crippen LogP contribution in [-0.2, 0) is 14.3 Å². The van der Waals surface area contributed by atoms with Crippen LogP contribution in [0, 0.1) is 12.8 Å². The summed E-state index contributed by atoms with van der Waals surface area (Å²) in [5, 5.41) is 5.19. The third kappa shape index (κ3) is 6.95. The maximum Gasteiger partial charge on any atom is 0.325 e. The lowest BCUT2D eigenvalue weighted by atomic mass is 10.1. The first-order chi connectivity index (χ1) is 10.8. The molecule has 1 rings (SSSR count). The van der Waals surface area contributed by atoms with Gasteiger partial charge in [-0.25, -0.2) is 0 Å². The summed E-state index contributed by atoms with van der Waals surface area (Å²) in [6, 6.07) is 7.03. The fraction of sp³-hybridized carbons (Fsp3) is 0.471. The maximum absolute atomic E-state index is 11.9. The molecule has 2 amide bonds. The van der Waals surface area contributed by atoms with Gasteiger partial charge < -0.3 is 15.4 Å². The van der Waals surface area contributed by atoms with Crippen molar-refractivity contribution in [3.05, 3.63) is 35.4 Å². The lowest BCUT2D eigenvalue weighted by molar-refractivity contribution is -0.147. The van der Waals surface area contributed by atoms with Gasteiger partial charge in [0.05, 0.1) is 0 Å². The molecule has 0 unspecified atom stereocenters. The number of benzene rings is 1. The molecule has 0 saturated heterocycles. The number of nitrogens with one attached hydrogen (secondary N) is 2. The molecule has 6 heteroatoms. The van der Waals surface area contributed by atoms with E-state index in [9.17, 15) is 14.4 Å². The van der Waals surface area contributed by atoms with Gasteiger partial charge in [0.25, 0.3) is 11.8 Å². The van der Waals surface area contributed by atoms with Gasteiger partial charge in [0.15, 0.2) is 6.61 Å². The molecule has 1 aromatic carbocycles. The van der Waals surface area contributed by atoms with Crippen LogP contribution in [0.2, 0.25) is 0 Å². The first-order valence-corrected chi connectivity index (χ1v) is 7.59. The molecule has 0 bridgehead atoms. The highest BCUT2D eigenvalue weighted by molar-refractivity contribution is 5.96. The minimum Gasteiger partial charge on any atom is -0.454 e. The molecule has 2 N–H and O–H groups in total. The highest BCUT2D eigenvalue weighted by Crippen LogP contribution is 2.03. The Balaban J connectivity index is 2.32. The van der Waals surface area contributed by atoms with Crippen molar-refractivity contribution in [3.8, 4) is 0 Å². The standard InChI is InChI=1S/C17H24N2O4/c1-11(2)13(4)19-15(20)10-23-16(21)9-18-17(22)14-7-5-6-12(3)8-14/h5-8,11,13H,9-10H2,1-4H3,(H,18,22)(H,19,20)/t13-/m1/s1. The van der Waals surface area contributed by atoms with Gasteiger partial charge in [-0.15, -0.1) is 0 Å². The smallest absolute Gasteiger partial charge is 0.325 e. The Morgan fingerprint density at radius 3 is 2.48 bits per heavy atom. The number of carbonyl (C=O) groups is 3. The van der Waals surface area contributed by atoms with Gasteiger partial charge in [0, 0.05) is 11.6 Å². The molecule has 6 nitrogen and oxygen atoms in total. The molecule has 0 spiro atoms. The number of aryl methyl sites for hydroxylation is 1. The van der Waals surface area contributed by atoms with Crippen LogP contribution >= 0.6 is 0 Å². The van der Waals surface area contributed by atoms with E-state index in [2.05, 4.69) is 10.6 Å². The molecule has 126 valence electrons. The Morgan fingerprint density at radius 2 is 1.87 bits per heavy atom. The van der Waals surface area contributed by atoms with Crippen LogP contribution in [0.4, 0.5) is 0 Å². The number of hydrogen-bond acceptors (Lipinski definition) is 4. The van der Waals surface area contributed by atoms with Crippen molar-refractivity contribution in [2.24, 2.45) is 5.92 Å². The summed E-state index contributed by atoms with van der Waals surface area (Å²) >= 11 is 0. The van der Waals surface area contributed by atoms with Crippen molar-refractivity contribution in [2.45, 2.75) is 33.7 Å². The summed E-state index contributed by atoms with van der Waals surface area (Å²) in [6.45, 7) is 7.10. The molecule has 0 heterocycles. The Labute approximate surface area is 136 Å². The molecule has 0 fully saturated rings. The number of esters is 1. The Kier molecular flexibility index (Phi) is 7.25. The van der Waals surface area contributed by atoms with Crippen LogP contribution in [0.25, 0.3) is 0 Å². The van der Waals surface area contributed by atoms with Gasteiger partial charge in [0.1, 0.15) is 6.54 Å². The zero-order valence-corrected chi connectivity index (χ0v) is 14.0. The molecule has 0 aromatic heterocycles. The maximum atomic E-state index is 11.9. The Morgan fingerprint density at radius 1 is 1.17 bits per heavy atom. The molecular formula is C17H24N2O4. The molecule has 23 heavy (non-hydrogen) atoms. The average Bonchev–Trinajstić information content (AvgIpc) is 2.50. The van der Waals surface area contributed by atoms with Crippen LogP contribution in [0.3, 0.4) is 0 Å². The molecule has 0 aliphatic heterocycles. The summed E-state index contributed by atoms with van der Waals surface area (Å²) in [4.78, 5) is 35.0. The van der Waals surface area contributed by atoms with Gasteiger partial charge >= 0.3 is 5.97 Å². The van der Waals surface area contributed by atoms with E-state index in [-0.39, 0.29) is 31.0 Å². The summed E-state index contributed by atoms with van der Waals surface area (Å²) in [7, 11) is 0. The molecule has 0 aliphatic carbocycles. The minimum atomic E-state index is -0.654. The fourth-order valence-corrected chi connectivity index (χ4v) is 1.70. The second kappa shape index (κ2) is 8.92. The summed E-state index contributed by atoms with van der Waals surface area (Å²) in [6.07, 6.45) is 0. The van der Waals surface area contributed by atoms with Crippen LogP contribution in [0.5, 0.6) is 0 Å². The minimum absolute atomic E-state index is 0.00206. The van der Waals surface area contributed by atoms with E-state index in [1.807, 2.05) is 33.8 Å². The van der Waals surface area contributed by atoms with Gasteiger partial charge in [0.2, 0.25) is 0 Å². The van der Waals surface area contributed by atoms with Crippen molar-refractivity contribution in [1.29, 1.82) is 0 Å².